The van der Waals surface area contributed by atoms with Gasteiger partial charge in [0, 0.05) is 5.56 Å². The summed E-state index contributed by atoms with van der Waals surface area (Å²) in [6, 6.07) is 5.51. The van der Waals surface area contributed by atoms with E-state index in [0.717, 1.165) is 11.1 Å². The molecule has 1 fully saturated rings. The molecule has 0 aromatic heterocycles. The topological polar surface area (TPSA) is 56.8 Å². The number of nitrogens with one attached hydrogen (secondary N) is 1. The first kappa shape index (κ1) is 14.2. The van der Waals surface area contributed by atoms with Gasteiger partial charge in [-0.25, -0.2) is 4.79 Å². The zero-order valence-corrected chi connectivity index (χ0v) is 12.1. The van der Waals surface area contributed by atoms with Crippen LogP contribution in [0.1, 0.15) is 26.3 Å². The average molecular weight is 277 g/mol. The van der Waals surface area contributed by atoms with Crippen molar-refractivity contribution in [2.24, 2.45) is 0 Å². The second-order valence-electron chi connectivity index (χ2n) is 5.15. The van der Waals surface area contributed by atoms with Crippen molar-refractivity contribution < 1.29 is 19.0 Å². The Morgan fingerprint density at radius 2 is 2.15 bits per heavy atom. The second kappa shape index (κ2) is 5.45. The molecular formula is C15H19NO4. The molecule has 0 spiro atoms. The molecule has 1 atom stereocenters. The molecule has 5 nitrogen and oxygen atoms in total. The number of methoxy groups -OCH3 is 1. The van der Waals surface area contributed by atoms with E-state index in [1.165, 1.54) is 0 Å². The Morgan fingerprint density at radius 1 is 1.40 bits per heavy atom. The van der Waals surface area contributed by atoms with Gasteiger partial charge in [-0.05, 0) is 38.5 Å². The lowest BCUT2D eigenvalue weighted by Gasteiger charge is -2.22. The molecular weight excluding hydrogens is 258 g/mol. The van der Waals surface area contributed by atoms with Gasteiger partial charge >= 0.3 is 6.09 Å². The van der Waals surface area contributed by atoms with E-state index in [0.29, 0.717) is 18.0 Å². The van der Waals surface area contributed by atoms with E-state index in [2.05, 4.69) is 5.32 Å². The molecule has 0 saturated carbocycles. The number of amides is 1. The molecule has 1 aromatic carbocycles. The molecule has 0 aliphatic carbocycles. The Bertz CT molecular complexity index is 549. The van der Waals surface area contributed by atoms with Gasteiger partial charge in [0.2, 0.25) is 0 Å². The highest BCUT2D eigenvalue weighted by atomic mass is 16.6. The van der Waals surface area contributed by atoms with E-state index >= 15 is 0 Å². The number of alkyl carbamates (subject to hydrolysis) is 1. The molecule has 1 aliphatic heterocycles. The fourth-order valence-electron chi connectivity index (χ4n) is 1.96. The van der Waals surface area contributed by atoms with Crippen LogP contribution in [0.2, 0.25) is 0 Å². The molecule has 0 unspecified atom stereocenters. The summed E-state index contributed by atoms with van der Waals surface area (Å²) in [7, 11) is 1.59. The zero-order valence-electron chi connectivity index (χ0n) is 12.1. The molecule has 0 radical (unpaired) electrons. The van der Waals surface area contributed by atoms with Crippen LogP contribution in [0.3, 0.4) is 0 Å². The van der Waals surface area contributed by atoms with Crippen LogP contribution < -0.4 is 14.8 Å². The van der Waals surface area contributed by atoms with Gasteiger partial charge in [0.25, 0.3) is 0 Å². The van der Waals surface area contributed by atoms with Gasteiger partial charge in [-0.15, -0.1) is 0 Å². The Labute approximate surface area is 118 Å². The van der Waals surface area contributed by atoms with Crippen LogP contribution in [-0.4, -0.2) is 19.7 Å². The van der Waals surface area contributed by atoms with E-state index in [9.17, 15) is 4.79 Å². The summed E-state index contributed by atoms with van der Waals surface area (Å²) in [4.78, 5) is 11.3. The third-order valence-corrected chi connectivity index (χ3v) is 3.08. The van der Waals surface area contributed by atoms with Gasteiger partial charge < -0.3 is 19.5 Å². The van der Waals surface area contributed by atoms with Crippen LogP contribution in [0.15, 0.2) is 30.0 Å². The van der Waals surface area contributed by atoms with Crippen molar-refractivity contribution in [3.63, 3.8) is 0 Å². The maximum Gasteiger partial charge on any atom is 0.408 e. The van der Waals surface area contributed by atoms with Gasteiger partial charge in [-0.1, -0.05) is 6.07 Å². The monoisotopic (exact) mass is 277 g/mol. The number of hydrogen-bond donors (Lipinski definition) is 1. The zero-order chi connectivity index (χ0) is 14.8. The Kier molecular flexibility index (Phi) is 3.88. The first-order valence-corrected chi connectivity index (χ1v) is 6.40. The lowest BCUT2D eigenvalue weighted by atomic mass is 9.96. The van der Waals surface area contributed by atoms with Crippen molar-refractivity contribution in [1.82, 2.24) is 5.32 Å². The van der Waals surface area contributed by atoms with E-state index < -0.39 is 11.7 Å². The van der Waals surface area contributed by atoms with Crippen molar-refractivity contribution in [3.05, 3.63) is 35.6 Å². The van der Waals surface area contributed by atoms with E-state index in [1.807, 2.05) is 32.9 Å². The minimum atomic E-state index is -0.688. The third kappa shape index (κ3) is 2.87. The predicted molar refractivity (Wildman–Crippen MR) is 74.9 cm³/mol. The number of allylic oxidation sites excluding steroid dienone is 1. The van der Waals surface area contributed by atoms with Crippen molar-refractivity contribution in [1.29, 1.82) is 0 Å². The number of hydrogen-bond acceptors (Lipinski definition) is 4. The number of carbonyl (C=O) groups is 1. The van der Waals surface area contributed by atoms with E-state index in [1.54, 1.807) is 19.4 Å². The third-order valence-electron chi connectivity index (χ3n) is 3.08. The summed E-state index contributed by atoms with van der Waals surface area (Å²) in [5.41, 5.74) is 1.21. The summed E-state index contributed by atoms with van der Waals surface area (Å²) < 4.78 is 16.2. The molecule has 0 bridgehead atoms. The van der Waals surface area contributed by atoms with Crippen molar-refractivity contribution in [3.8, 4) is 11.5 Å². The summed E-state index contributed by atoms with van der Waals surface area (Å²) in [6.07, 6.45) is 1.25. The lowest BCUT2D eigenvalue weighted by molar-refractivity contribution is 0.0702. The van der Waals surface area contributed by atoms with Crippen LogP contribution >= 0.6 is 0 Å². The first-order chi connectivity index (χ1) is 9.44. The molecule has 1 aliphatic rings. The van der Waals surface area contributed by atoms with Crippen LogP contribution in [0, 0.1) is 0 Å². The lowest BCUT2D eigenvalue weighted by Crippen LogP contribution is -2.26. The fraction of sp³-hybridized carbons (Fsp3) is 0.400. The summed E-state index contributed by atoms with van der Waals surface area (Å²) in [5, 5.41) is 2.66. The Morgan fingerprint density at radius 3 is 2.70 bits per heavy atom. The molecule has 1 aromatic rings. The average Bonchev–Trinajstić information content (AvgIpc) is 2.77. The van der Waals surface area contributed by atoms with Gasteiger partial charge in [0.1, 0.15) is 0 Å². The molecule has 5 heteroatoms. The maximum absolute atomic E-state index is 11.3. The van der Waals surface area contributed by atoms with Gasteiger partial charge in [0.05, 0.1) is 19.9 Å². The number of ether oxygens (including phenoxy) is 3. The second-order valence-corrected chi connectivity index (χ2v) is 5.15. The van der Waals surface area contributed by atoms with E-state index in [-0.39, 0.29) is 0 Å². The molecule has 2 rings (SSSR count). The summed E-state index contributed by atoms with van der Waals surface area (Å²) >= 11 is 0. The number of rotatable bonds is 4. The van der Waals surface area contributed by atoms with Crippen LogP contribution in [0.5, 0.6) is 11.5 Å². The SMILES string of the molecule is COc1ccc([C@]2(C)CNC(=O)O2)cc1OC=C(C)C. The van der Waals surface area contributed by atoms with Gasteiger partial charge in [-0.2, -0.15) is 0 Å². The quantitative estimate of drug-likeness (QED) is 0.860. The Balaban J connectivity index is 2.34. The van der Waals surface area contributed by atoms with Crippen LogP contribution in [0.25, 0.3) is 0 Å². The van der Waals surface area contributed by atoms with Gasteiger partial charge in [-0.3, -0.25) is 0 Å². The van der Waals surface area contributed by atoms with Crippen LogP contribution in [-0.2, 0) is 10.3 Å². The van der Waals surface area contributed by atoms with Crippen LogP contribution in [0.4, 0.5) is 4.79 Å². The molecule has 108 valence electrons. The van der Waals surface area contributed by atoms with Crippen molar-refractivity contribution in [2.75, 3.05) is 13.7 Å². The Hall–Kier alpha value is -2.17. The molecule has 1 heterocycles. The highest BCUT2D eigenvalue weighted by Crippen LogP contribution is 2.35. The summed E-state index contributed by atoms with van der Waals surface area (Å²) in [5.74, 6) is 1.22. The fourth-order valence-corrected chi connectivity index (χ4v) is 1.96. The molecule has 1 saturated heterocycles. The first-order valence-electron chi connectivity index (χ1n) is 6.40. The van der Waals surface area contributed by atoms with Crippen molar-refractivity contribution >= 4 is 6.09 Å². The maximum atomic E-state index is 11.3. The number of cyclic esters (lactones) is 1. The molecule has 20 heavy (non-hydrogen) atoms. The number of benzene rings is 1. The highest BCUT2D eigenvalue weighted by Gasteiger charge is 2.37. The molecule has 1 amide bonds. The smallest absolute Gasteiger partial charge is 0.408 e. The standard InChI is InChI=1S/C15H19NO4/c1-10(2)8-19-13-7-11(5-6-12(13)18-4)15(3)9-16-14(17)20-15/h5-8H,9H2,1-4H3,(H,16,17)/t15-/m0/s1. The number of carbonyl (C=O) groups excluding carboxylic acids is 1. The predicted octanol–water partition coefficient (Wildman–Crippen LogP) is 2.95. The highest BCUT2D eigenvalue weighted by molar-refractivity contribution is 5.70. The largest absolute Gasteiger partial charge is 0.493 e. The van der Waals surface area contributed by atoms with Gasteiger partial charge in [0.15, 0.2) is 17.1 Å². The minimum Gasteiger partial charge on any atom is -0.493 e. The summed E-state index contributed by atoms with van der Waals surface area (Å²) in [6.45, 7) is 6.18. The minimum absolute atomic E-state index is 0.407. The van der Waals surface area contributed by atoms with E-state index in [4.69, 9.17) is 14.2 Å². The normalized spacial score (nSPS) is 20.9. The molecule has 1 N–H and O–H groups in total. The van der Waals surface area contributed by atoms with Crippen molar-refractivity contribution in [2.45, 2.75) is 26.4 Å².